The van der Waals surface area contributed by atoms with Crippen molar-refractivity contribution < 1.29 is 9.50 Å². The normalized spacial score (nSPS) is 21.8. The summed E-state index contributed by atoms with van der Waals surface area (Å²) in [4.78, 5) is 18.7. The average Bonchev–Trinajstić information content (AvgIpc) is 2.98. The van der Waals surface area contributed by atoms with Crippen LogP contribution in [0.2, 0.25) is 0 Å². The zero-order chi connectivity index (χ0) is 18.1. The number of fused-ring (bicyclic) bond motifs is 1. The summed E-state index contributed by atoms with van der Waals surface area (Å²) in [7, 11) is 0. The molecule has 0 amide bonds. The molecule has 3 aromatic heterocycles. The first-order valence-corrected chi connectivity index (χ1v) is 8.56. The highest BCUT2D eigenvalue weighted by atomic mass is 19.1. The molecule has 1 aliphatic heterocycles. The highest BCUT2D eigenvalue weighted by Crippen LogP contribution is 2.28. The summed E-state index contributed by atoms with van der Waals surface area (Å²) >= 11 is 0. The van der Waals surface area contributed by atoms with Gasteiger partial charge in [-0.25, -0.2) is 19.3 Å². The summed E-state index contributed by atoms with van der Waals surface area (Å²) < 4.78 is 15.7. The summed E-state index contributed by atoms with van der Waals surface area (Å²) in [5.41, 5.74) is 7.43. The fraction of sp³-hybridized carbons (Fsp3) is 0.412. The quantitative estimate of drug-likeness (QED) is 0.724. The third kappa shape index (κ3) is 3.11. The van der Waals surface area contributed by atoms with Gasteiger partial charge in [-0.2, -0.15) is 0 Å². The first-order chi connectivity index (χ1) is 12.6. The lowest BCUT2D eigenvalue weighted by molar-refractivity contribution is 0.109. The molecule has 26 heavy (non-hydrogen) atoms. The maximum Gasteiger partial charge on any atom is 0.165 e. The van der Waals surface area contributed by atoms with Gasteiger partial charge >= 0.3 is 0 Å². The lowest BCUT2D eigenvalue weighted by Crippen LogP contribution is -2.25. The molecule has 8 nitrogen and oxygen atoms in total. The molecule has 0 unspecified atom stereocenters. The smallest absolute Gasteiger partial charge is 0.165 e. The Morgan fingerprint density at radius 1 is 1.19 bits per heavy atom. The third-order valence-corrected chi connectivity index (χ3v) is 4.88. The minimum absolute atomic E-state index is 0.173. The van der Waals surface area contributed by atoms with Crippen LogP contribution in [0.25, 0.3) is 11.2 Å². The summed E-state index contributed by atoms with van der Waals surface area (Å²) in [5.74, 6) is 0.0192. The fourth-order valence-electron chi connectivity index (χ4n) is 3.47. The number of hydrogen-bond donors (Lipinski definition) is 2. The molecule has 1 aliphatic rings. The molecule has 3 N–H and O–H groups in total. The van der Waals surface area contributed by atoms with Crippen molar-refractivity contribution in [2.24, 2.45) is 0 Å². The molecule has 2 atom stereocenters. The molecule has 0 saturated carbocycles. The van der Waals surface area contributed by atoms with Crippen molar-refractivity contribution in [2.75, 3.05) is 18.8 Å². The Morgan fingerprint density at radius 2 is 2.04 bits per heavy atom. The van der Waals surface area contributed by atoms with E-state index in [1.165, 1.54) is 12.4 Å². The number of halogens is 1. The van der Waals surface area contributed by atoms with Gasteiger partial charge in [-0.1, -0.05) is 0 Å². The number of rotatable bonds is 3. The largest absolute Gasteiger partial charge is 0.391 e. The van der Waals surface area contributed by atoms with E-state index >= 15 is 0 Å². The van der Waals surface area contributed by atoms with E-state index in [2.05, 4.69) is 24.8 Å². The van der Waals surface area contributed by atoms with Crippen LogP contribution in [0.4, 0.5) is 10.2 Å². The topological polar surface area (TPSA) is 106 Å². The third-order valence-electron chi connectivity index (χ3n) is 4.88. The predicted molar refractivity (Wildman–Crippen MR) is 93.5 cm³/mol. The SMILES string of the molecule is Nc1ncnc2c1ncn2[C@H]1CCN(Cc2ncccc2F)CC[C@@H]1O. The number of imidazole rings is 1. The van der Waals surface area contributed by atoms with E-state index < -0.39 is 6.10 Å². The lowest BCUT2D eigenvalue weighted by atomic mass is 10.1. The molecule has 1 fully saturated rings. The van der Waals surface area contributed by atoms with Crippen LogP contribution in [0.1, 0.15) is 24.6 Å². The number of aromatic nitrogens is 5. The van der Waals surface area contributed by atoms with Crippen molar-refractivity contribution in [1.29, 1.82) is 0 Å². The minimum atomic E-state index is -0.554. The number of aliphatic hydroxyl groups is 1. The standard InChI is InChI=1S/C17H20FN7O/c18-11-2-1-5-20-12(11)8-24-6-3-13(14(26)4-7-24)25-10-23-15-16(19)21-9-22-17(15)25/h1-2,5,9-10,13-14,26H,3-4,6-8H2,(H2,19,21,22)/t13-,14-/m0/s1. The molecule has 0 radical (unpaired) electrons. The van der Waals surface area contributed by atoms with E-state index in [0.717, 1.165) is 0 Å². The van der Waals surface area contributed by atoms with Gasteiger partial charge in [0.2, 0.25) is 0 Å². The number of pyridine rings is 1. The monoisotopic (exact) mass is 357 g/mol. The van der Waals surface area contributed by atoms with Gasteiger partial charge < -0.3 is 15.4 Å². The van der Waals surface area contributed by atoms with Crippen LogP contribution in [0.3, 0.4) is 0 Å². The van der Waals surface area contributed by atoms with Crippen molar-refractivity contribution in [2.45, 2.75) is 31.5 Å². The second kappa shape index (κ2) is 6.93. The van der Waals surface area contributed by atoms with E-state index in [-0.39, 0.29) is 11.9 Å². The van der Waals surface area contributed by atoms with Crippen LogP contribution in [0.15, 0.2) is 31.0 Å². The van der Waals surface area contributed by atoms with E-state index in [0.29, 0.717) is 55.2 Å². The maximum absolute atomic E-state index is 13.9. The van der Waals surface area contributed by atoms with E-state index in [4.69, 9.17) is 5.73 Å². The van der Waals surface area contributed by atoms with Crippen LogP contribution in [-0.4, -0.2) is 53.7 Å². The molecule has 0 bridgehead atoms. The lowest BCUT2D eigenvalue weighted by Gasteiger charge is -2.22. The molecule has 9 heteroatoms. The fourth-order valence-corrected chi connectivity index (χ4v) is 3.47. The molecule has 136 valence electrons. The molecule has 0 aliphatic carbocycles. The average molecular weight is 357 g/mol. The van der Waals surface area contributed by atoms with Gasteiger partial charge in [0.1, 0.15) is 17.7 Å². The Bertz CT molecular complexity index is 915. The van der Waals surface area contributed by atoms with Gasteiger partial charge in [-0.15, -0.1) is 0 Å². The van der Waals surface area contributed by atoms with Crippen LogP contribution in [0.5, 0.6) is 0 Å². The molecular weight excluding hydrogens is 337 g/mol. The van der Waals surface area contributed by atoms with Gasteiger partial charge in [0, 0.05) is 25.8 Å². The second-order valence-corrected chi connectivity index (χ2v) is 6.50. The maximum atomic E-state index is 13.9. The highest BCUT2D eigenvalue weighted by molar-refractivity contribution is 5.81. The highest BCUT2D eigenvalue weighted by Gasteiger charge is 2.28. The number of anilines is 1. The number of nitrogens with zero attached hydrogens (tertiary/aromatic N) is 6. The van der Waals surface area contributed by atoms with Crippen molar-refractivity contribution in [3.05, 3.63) is 42.5 Å². The molecule has 1 saturated heterocycles. The van der Waals surface area contributed by atoms with Gasteiger partial charge in [-0.05, 0) is 25.0 Å². The summed E-state index contributed by atoms with van der Waals surface area (Å²) in [6.45, 7) is 1.79. The van der Waals surface area contributed by atoms with E-state index in [1.807, 2.05) is 4.57 Å². The number of aliphatic hydroxyl groups excluding tert-OH is 1. The first kappa shape index (κ1) is 16.8. The number of nitrogens with two attached hydrogens (primary N) is 1. The van der Waals surface area contributed by atoms with Crippen molar-refractivity contribution in [1.82, 2.24) is 29.4 Å². The minimum Gasteiger partial charge on any atom is -0.391 e. The van der Waals surface area contributed by atoms with E-state index in [9.17, 15) is 9.50 Å². The first-order valence-electron chi connectivity index (χ1n) is 8.56. The van der Waals surface area contributed by atoms with Crippen molar-refractivity contribution in [3.63, 3.8) is 0 Å². The second-order valence-electron chi connectivity index (χ2n) is 6.50. The van der Waals surface area contributed by atoms with Gasteiger partial charge in [0.15, 0.2) is 11.5 Å². The number of hydrogen-bond acceptors (Lipinski definition) is 7. The zero-order valence-electron chi connectivity index (χ0n) is 14.2. The summed E-state index contributed by atoms with van der Waals surface area (Å²) in [5, 5.41) is 10.6. The predicted octanol–water partition coefficient (Wildman–Crippen LogP) is 1.14. The molecule has 0 aromatic carbocycles. The van der Waals surface area contributed by atoms with Crippen LogP contribution < -0.4 is 5.73 Å². The molecular formula is C17H20FN7O. The molecule has 0 spiro atoms. The Morgan fingerprint density at radius 3 is 2.88 bits per heavy atom. The van der Waals surface area contributed by atoms with Crippen LogP contribution in [0, 0.1) is 5.82 Å². The Balaban J connectivity index is 1.54. The van der Waals surface area contributed by atoms with Crippen molar-refractivity contribution >= 4 is 17.0 Å². The molecule has 3 aromatic rings. The summed E-state index contributed by atoms with van der Waals surface area (Å²) in [6.07, 6.45) is 5.34. The van der Waals surface area contributed by atoms with Crippen molar-refractivity contribution in [3.8, 4) is 0 Å². The van der Waals surface area contributed by atoms with Crippen LogP contribution >= 0.6 is 0 Å². The molecule has 4 rings (SSSR count). The van der Waals surface area contributed by atoms with Gasteiger partial charge in [0.25, 0.3) is 0 Å². The zero-order valence-corrected chi connectivity index (χ0v) is 14.2. The number of likely N-dealkylation sites (tertiary alicyclic amines) is 1. The Labute approximate surface area is 149 Å². The van der Waals surface area contributed by atoms with Gasteiger partial charge in [0.05, 0.1) is 24.2 Å². The molecule has 4 heterocycles. The summed E-state index contributed by atoms with van der Waals surface area (Å²) in [6, 6.07) is 2.83. The van der Waals surface area contributed by atoms with Gasteiger partial charge in [-0.3, -0.25) is 9.88 Å². The Kier molecular flexibility index (Phi) is 4.48. The number of nitrogen functional groups attached to an aromatic ring is 1. The van der Waals surface area contributed by atoms with E-state index in [1.54, 1.807) is 18.6 Å². The Hall–Kier alpha value is -2.65. The van der Waals surface area contributed by atoms with Crippen LogP contribution in [-0.2, 0) is 6.54 Å².